The predicted molar refractivity (Wildman–Crippen MR) is 166 cm³/mol. The van der Waals surface area contributed by atoms with Crippen molar-refractivity contribution in [2.45, 2.75) is 44.3 Å². The quantitative estimate of drug-likeness (QED) is 0.224. The van der Waals surface area contributed by atoms with Crippen LogP contribution in [0.15, 0.2) is 72.9 Å². The molecular formula is C32H36N4O6S. The Bertz CT molecular complexity index is 1720. The summed E-state index contributed by atoms with van der Waals surface area (Å²) in [6.07, 6.45) is 2.25. The lowest BCUT2D eigenvalue weighted by atomic mass is 9.99. The van der Waals surface area contributed by atoms with E-state index in [0.29, 0.717) is 37.1 Å². The Balaban J connectivity index is 1.43. The molecule has 226 valence electrons. The van der Waals surface area contributed by atoms with Crippen LogP contribution in [0.2, 0.25) is 0 Å². The van der Waals surface area contributed by atoms with Crippen molar-refractivity contribution in [1.29, 1.82) is 0 Å². The van der Waals surface area contributed by atoms with Crippen molar-refractivity contribution in [3.63, 3.8) is 0 Å². The molecule has 2 atom stereocenters. The van der Waals surface area contributed by atoms with Gasteiger partial charge in [0.05, 0.1) is 24.4 Å². The molecule has 2 N–H and O–H groups in total. The maximum absolute atomic E-state index is 13.9. The summed E-state index contributed by atoms with van der Waals surface area (Å²) in [6, 6.07) is 20.1. The average Bonchev–Trinajstić information content (AvgIpc) is 3.36. The third-order valence-corrected chi connectivity index (χ3v) is 9.47. The number of aryl methyl sites for hydroxylation is 1. The van der Waals surface area contributed by atoms with Crippen LogP contribution in [0, 0.1) is 0 Å². The highest BCUT2D eigenvalue weighted by molar-refractivity contribution is 7.91. The summed E-state index contributed by atoms with van der Waals surface area (Å²) in [5, 5.41) is 7.26. The lowest BCUT2D eigenvalue weighted by Gasteiger charge is -2.29. The number of nitrogens with zero attached hydrogens (tertiary/aromatic N) is 2. The van der Waals surface area contributed by atoms with Gasteiger partial charge in [0, 0.05) is 37.3 Å². The zero-order valence-electron chi connectivity index (χ0n) is 24.4. The predicted octanol–water partition coefficient (Wildman–Crippen LogP) is 3.62. The lowest BCUT2D eigenvalue weighted by Crippen LogP contribution is -2.50. The maximum Gasteiger partial charge on any atom is 0.293 e. The van der Waals surface area contributed by atoms with Crippen LogP contribution in [0.25, 0.3) is 10.9 Å². The zero-order chi connectivity index (χ0) is 30.6. The number of benzene rings is 3. The van der Waals surface area contributed by atoms with Gasteiger partial charge in [-0.15, -0.1) is 0 Å². The first kappa shape index (κ1) is 30.1. The molecule has 1 amide bonds. The van der Waals surface area contributed by atoms with Gasteiger partial charge in [-0.2, -0.15) is 0 Å². The number of carbonyl (C=O) groups excluding carboxylic acids is 2. The van der Waals surface area contributed by atoms with E-state index < -0.39 is 28.1 Å². The normalized spacial score (nSPS) is 15.1. The molecule has 0 unspecified atom stereocenters. The van der Waals surface area contributed by atoms with Gasteiger partial charge < -0.3 is 24.7 Å². The van der Waals surface area contributed by atoms with Crippen LogP contribution in [-0.2, 0) is 44.8 Å². The number of amides is 1. The average molecular weight is 605 g/mol. The SMILES string of the molecule is CCc1cn2c3c(cc(C(=O)N[C@@H](Cc4ccccc4)[C@@H](CNCc4cccc(OC)c4)OC=O)cc13)N(C)S(=O)(=O)C2. The summed E-state index contributed by atoms with van der Waals surface area (Å²) in [5.41, 5.74) is 4.48. The molecule has 0 saturated heterocycles. The fraction of sp³-hybridized carbons (Fsp3) is 0.312. The minimum atomic E-state index is -3.59. The van der Waals surface area contributed by atoms with Crippen LogP contribution in [0.3, 0.4) is 0 Å². The van der Waals surface area contributed by atoms with E-state index in [9.17, 15) is 18.0 Å². The van der Waals surface area contributed by atoms with Gasteiger partial charge in [-0.1, -0.05) is 49.4 Å². The van der Waals surface area contributed by atoms with Crippen LogP contribution >= 0.6 is 0 Å². The Morgan fingerprint density at radius 2 is 1.84 bits per heavy atom. The molecule has 1 aromatic heterocycles. The van der Waals surface area contributed by atoms with Crippen molar-refractivity contribution in [2.75, 3.05) is 25.0 Å². The smallest absolute Gasteiger partial charge is 0.293 e. The van der Waals surface area contributed by atoms with Crippen LogP contribution in [0.1, 0.15) is 34.0 Å². The van der Waals surface area contributed by atoms with E-state index in [1.165, 1.54) is 11.4 Å². The fourth-order valence-electron chi connectivity index (χ4n) is 5.55. The van der Waals surface area contributed by atoms with Crippen LogP contribution in [-0.4, -0.2) is 58.2 Å². The number of anilines is 1. The van der Waals surface area contributed by atoms with E-state index >= 15 is 0 Å². The summed E-state index contributed by atoms with van der Waals surface area (Å²) in [4.78, 5) is 25.5. The van der Waals surface area contributed by atoms with Gasteiger partial charge in [0.25, 0.3) is 22.4 Å². The minimum absolute atomic E-state index is 0.148. The first-order valence-corrected chi connectivity index (χ1v) is 15.7. The number of nitrogens with one attached hydrogen (secondary N) is 2. The largest absolute Gasteiger partial charge is 0.497 e. The zero-order valence-corrected chi connectivity index (χ0v) is 25.3. The van der Waals surface area contributed by atoms with Crippen molar-refractivity contribution in [3.8, 4) is 5.75 Å². The third-order valence-electron chi connectivity index (χ3n) is 7.84. The fourth-order valence-corrected chi connectivity index (χ4v) is 6.72. The number of sulfonamides is 1. The summed E-state index contributed by atoms with van der Waals surface area (Å²) in [6.45, 7) is 3.17. The van der Waals surface area contributed by atoms with Gasteiger partial charge in [-0.25, -0.2) is 8.42 Å². The van der Waals surface area contributed by atoms with Gasteiger partial charge in [0.1, 0.15) is 17.7 Å². The lowest BCUT2D eigenvalue weighted by molar-refractivity contribution is -0.134. The van der Waals surface area contributed by atoms with Crippen LogP contribution in [0.5, 0.6) is 5.75 Å². The molecule has 1 aliphatic rings. The van der Waals surface area contributed by atoms with Crippen molar-refractivity contribution in [1.82, 2.24) is 15.2 Å². The second-order valence-corrected chi connectivity index (χ2v) is 12.6. The van der Waals surface area contributed by atoms with Crippen molar-refractivity contribution < 1.29 is 27.5 Å². The van der Waals surface area contributed by atoms with E-state index in [1.807, 2.05) is 73.8 Å². The monoisotopic (exact) mass is 604 g/mol. The molecular weight excluding hydrogens is 568 g/mol. The second-order valence-electron chi connectivity index (χ2n) is 10.6. The standard InChI is InChI=1S/C32H36N4O6S/c1-4-24-19-36-20-43(39,40)35(2)29-16-25(15-27(24)31(29)36)32(38)34-28(14-22-9-6-5-7-10-22)30(42-21-37)18-33-17-23-11-8-12-26(13-23)41-3/h5-13,15-16,19,21,28,30,33H,4,14,17-18,20H2,1-3H3,(H,34,38)/t28-,30+/m0/s1. The Hall–Kier alpha value is -4.35. The van der Waals surface area contributed by atoms with Gasteiger partial charge >= 0.3 is 0 Å². The van der Waals surface area contributed by atoms with E-state index in [0.717, 1.165) is 33.3 Å². The van der Waals surface area contributed by atoms with Crippen molar-refractivity contribution in [2.24, 2.45) is 0 Å². The Morgan fingerprint density at radius 1 is 1.07 bits per heavy atom. The van der Waals surface area contributed by atoms with E-state index in [1.54, 1.807) is 17.7 Å². The number of aromatic nitrogens is 1. The number of rotatable bonds is 13. The number of hydrogen-bond donors (Lipinski definition) is 2. The Labute approximate surface area is 251 Å². The minimum Gasteiger partial charge on any atom is -0.497 e. The van der Waals surface area contributed by atoms with Crippen LogP contribution in [0.4, 0.5) is 5.69 Å². The van der Waals surface area contributed by atoms with Crippen molar-refractivity contribution >= 4 is 39.0 Å². The Kier molecular flexibility index (Phi) is 9.02. The van der Waals surface area contributed by atoms with E-state index in [2.05, 4.69) is 10.6 Å². The molecule has 0 fully saturated rings. The first-order chi connectivity index (χ1) is 20.7. The summed E-state index contributed by atoms with van der Waals surface area (Å²) >= 11 is 0. The van der Waals surface area contributed by atoms with E-state index in [-0.39, 0.29) is 12.4 Å². The first-order valence-electron chi connectivity index (χ1n) is 14.1. The highest BCUT2D eigenvalue weighted by atomic mass is 32.2. The second kappa shape index (κ2) is 12.9. The topological polar surface area (TPSA) is 119 Å². The third kappa shape index (κ3) is 6.52. The summed E-state index contributed by atoms with van der Waals surface area (Å²) in [7, 11) is -0.472. The molecule has 11 heteroatoms. The van der Waals surface area contributed by atoms with Crippen molar-refractivity contribution in [3.05, 3.63) is 95.2 Å². The summed E-state index contributed by atoms with van der Waals surface area (Å²) in [5.74, 6) is 0.202. The van der Waals surface area contributed by atoms with Gasteiger partial charge in [-0.05, 0) is 53.8 Å². The summed E-state index contributed by atoms with van der Waals surface area (Å²) < 4.78 is 39.6. The molecule has 0 radical (unpaired) electrons. The number of ether oxygens (including phenoxy) is 2. The molecule has 4 aromatic rings. The van der Waals surface area contributed by atoms with E-state index in [4.69, 9.17) is 9.47 Å². The Morgan fingerprint density at radius 3 is 2.56 bits per heavy atom. The number of methoxy groups -OCH3 is 1. The highest BCUT2D eigenvalue weighted by Gasteiger charge is 2.31. The maximum atomic E-state index is 13.9. The molecule has 43 heavy (non-hydrogen) atoms. The molecule has 10 nitrogen and oxygen atoms in total. The van der Waals surface area contributed by atoms with Crippen LogP contribution < -0.4 is 19.7 Å². The molecule has 0 saturated carbocycles. The number of hydrogen-bond acceptors (Lipinski definition) is 7. The molecule has 1 aliphatic heterocycles. The molecule has 2 heterocycles. The molecule has 3 aromatic carbocycles. The van der Waals surface area contributed by atoms with Gasteiger partial charge in [-0.3, -0.25) is 13.9 Å². The number of carbonyl (C=O) groups is 2. The van der Waals surface area contributed by atoms with Gasteiger partial charge in [0.2, 0.25) is 0 Å². The highest BCUT2D eigenvalue weighted by Crippen LogP contribution is 2.37. The molecule has 0 spiro atoms. The van der Waals surface area contributed by atoms with Gasteiger partial charge in [0.15, 0.2) is 0 Å². The molecule has 5 rings (SSSR count). The molecule has 0 aliphatic carbocycles. The molecule has 0 bridgehead atoms.